The minimum Gasteiger partial charge on any atom is -0.423 e. The van der Waals surface area contributed by atoms with Gasteiger partial charge in [0.15, 0.2) is 5.78 Å². The minimum absolute atomic E-state index is 0.0231. The predicted octanol–water partition coefficient (Wildman–Crippen LogP) is 6.06. The summed E-state index contributed by atoms with van der Waals surface area (Å²) in [5.74, 6) is 0.0231. The molecule has 0 atom stereocenters. The van der Waals surface area contributed by atoms with Gasteiger partial charge in [-0.25, -0.2) is 0 Å². The highest BCUT2D eigenvalue weighted by Gasteiger charge is 2.40. The summed E-state index contributed by atoms with van der Waals surface area (Å²) in [6.45, 7) is 8.21. The lowest BCUT2D eigenvalue weighted by atomic mass is 9.77. The molecule has 1 aliphatic heterocycles. The number of fused-ring (bicyclic) bond motifs is 1. The molecular formula is C20H17BCl3F3O3. The van der Waals surface area contributed by atoms with Gasteiger partial charge in [-0.1, -0.05) is 53.5 Å². The van der Waals surface area contributed by atoms with Gasteiger partial charge in [0.25, 0.3) is 0 Å². The molecule has 2 aromatic carbocycles. The van der Waals surface area contributed by atoms with Crippen LogP contribution in [-0.2, 0) is 10.3 Å². The van der Waals surface area contributed by atoms with Gasteiger partial charge in [0, 0.05) is 5.56 Å². The maximum Gasteiger partial charge on any atom is 0.492 e. The Labute approximate surface area is 187 Å². The van der Waals surface area contributed by atoms with Crippen LogP contribution < -0.4 is 5.46 Å². The number of alkyl halides is 3. The van der Waals surface area contributed by atoms with E-state index in [9.17, 15) is 23.0 Å². The number of halogens is 6. The van der Waals surface area contributed by atoms with Crippen LogP contribution in [-0.4, -0.2) is 24.1 Å². The van der Waals surface area contributed by atoms with E-state index in [0.29, 0.717) is 5.56 Å². The van der Waals surface area contributed by atoms with E-state index < -0.39 is 24.5 Å². The highest BCUT2D eigenvalue weighted by Crippen LogP contribution is 2.38. The molecule has 0 unspecified atom stereocenters. The second-order valence-corrected chi connectivity index (χ2v) is 8.26. The molecule has 0 saturated carbocycles. The first kappa shape index (κ1) is 24.8. The summed E-state index contributed by atoms with van der Waals surface area (Å²) in [5, 5.41) is 9.59. The van der Waals surface area contributed by atoms with Crippen LogP contribution in [0.15, 0.2) is 36.9 Å². The van der Waals surface area contributed by atoms with E-state index in [-0.39, 0.29) is 26.4 Å². The first-order valence-electron chi connectivity index (χ1n) is 8.57. The number of allylic oxidation sites excluding steroid dienone is 1. The summed E-state index contributed by atoms with van der Waals surface area (Å²) >= 11 is 16.8. The Morgan fingerprint density at radius 2 is 1.63 bits per heavy atom. The van der Waals surface area contributed by atoms with Crippen molar-refractivity contribution in [2.45, 2.75) is 32.5 Å². The first-order chi connectivity index (χ1) is 13.6. The fourth-order valence-corrected chi connectivity index (χ4v) is 3.41. The Morgan fingerprint density at radius 1 is 1.10 bits per heavy atom. The summed E-state index contributed by atoms with van der Waals surface area (Å²) in [6, 6.07) is 7.42. The van der Waals surface area contributed by atoms with Crippen molar-refractivity contribution in [3.05, 3.63) is 68.7 Å². The molecule has 0 fully saturated rings. The Balaban J connectivity index is 0.000000214. The van der Waals surface area contributed by atoms with E-state index in [4.69, 9.17) is 39.5 Å². The number of hydrogen-bond donors (Lipinski definition) is 1. The zero-order chi connectivity index (χ0) is 23.0. The van der Waals surface area contributed by atoms with Gasteiger partial charge in [0.1, 0.15) is 0 Å². The molecule has 3 nitrogen and oxygen atoms in total. The molecule has 1 heterocycles. The number of benzene rings is 2. The van der Waals surface area contributed by atoms with Crippen molar-refractivity contribution in [3.63, 3.8) is 0 Å². The molecule has 0 aromatic heterocycles. The van der Waals surface area contributed by atoms with Gasteiger partial charge in [0.2, 0.25) is 0 Å². The van der Waals surface area contributed by atoms with Crippen molar-refractivity contribution in [1.82, 2.24) is 0 Å². The lowest BCUT2D eigenvalue weighted by Crippen LogP contribution is -2.28. The summed E-state index contributed by atoms with van der Waals surface area (Å²) in [7, 11) is -0.879. The van der Waals surface area contributed by atoms with Crippen LogP contribution in [0.1, 0.15) is 42.3 Å². The third kappa shape index (κ3) is 5.40. The van der Waals surface area contributed by atoms with Crippen LogP contribution in [0.25, 0.3) is 5.57 Å². The van der Waals surface area contributed by atoms with Gasteiger partial charge in [-0.3, -0.25) is 4.79 Å². The fraction of sp³-hybridized carbons (Fsp3) is 0.250. The summed E-state index contributed by atoms with van der Waals surface area (Å²) in [4.78, 5) is 11.2. The molecule has 10 heteroatoms. The number of hydrogen-bond acceptors (Lipinski definition) is 3. The van der Waals surface area contributed by atoms with Gasteiger partial charge in [-0.15, -0.1) is 0 Å². The first-order valence-corrected chi connectivity index (χ1v) is 9.70. The molecule has 30 heavy (non-hydrogen) atoms. The smallest absolute Gasteiger partial charge is 0.423 e. The van der Waals surface area contributed by atoms with E-state index in [1.54, 1.807) is 18.2 Å². The third-order valence-corrected chi connectivity index (χ3v) is 5.65. The highest BCUT2D eigenvalue weighted by molar-refractivity contribution is 6.62. The summed E-state index contributed by atoms with van der Waals surface area (Å²) < 4.78 is 42.2. The molecule has 3 rings (SSSR count). The zero-order valence-electron chi connectivity index (χ0n) is 16.2. The molecule has 2 aromatic rings. The van der Waals surface area contributed by atoms with Crippen molar-refractivity contribution in [3.8, 4) is 0 Å². The molecule has 160 valence electrons. The number of rotatable bonds is 2. The van der Waals surface area contributed by atoms with Gasteiger partial charge in [0.05, 0.1) is 26.2 Å². The van der Waals surface area contributed by atoms with Gasteiger partial charge in [-0.05, 0) is 55.6 Å². The van der Waals surface area contributed by atoms with E-state index in [1.807, 2.05) is 13.8 Å². The zero-order valence-corrected chi connectivity index (χ0v) is 18.5. The molecule has 0 saturated heterocycles. The largest absolute Gasteiger partial charge is 0.492 e. The van der Waals surface area contributed by atoms with E-state index in [1.165, 1.54) is 6.92 Å². The second-order valence-electron chi connectivity index (χ2n) is 7.07. The van der Waals surface area contributed by atoms with Crippen LogP contribution in [0.4, 0.5) is 13.2 Å². The predicted molar refractivity (Wildman–Crippen MR) is 115 cm³/mol. The Kier molecular flexibility index (Phi) is 7.37. The fourth-order valence-electron chi connectivity index (χ4n) is 2.81. The van der Waals surface area contributed by atoms with Crippen molar-refractivity contribution in [2.24, 2.45) is 0 Å². The molecule has 0 bridgehead atoms. The molecule has 0 amide bonds. The average Bonchev–Trinajstić information content (AvgIpc) is 2.86. The molecule has 0 spiro atoms. The molecular weight excluding hydrogens is 462 g/mol. The molecule has 1 N–H and O–H groups in total. The third-order valence-electron chi connectivity index (χ3n) is 4.46. The lowest BCUT2D eigenvalue weighted by Gasteiger charge is -2.19. The number of ketones is 1. The molecule has 1 aliphatic rings. The van der Waals surface area contributed by atoms with Crippen LogP contribution in [0.3, 0.4) is 0 Å². The Hall–Kier alpha value is -1.51. The summed E-state index contributed by atoms with van der Waals surface area (Å²) in [5.41, 5.74) is 0.567. The second kappa shape index (κ2) is 8.93. The van der Waals surface area contributed by atoms with Crippen molar-refractivity contribution < 1.29 is 27.6 Å². The highest BCUT2D eigenvalue weighted by atomic mass is 35.5. The maximum atomic E-state index is 12.3. The van der Waals surface area contributed by atoms with Crippen LogP contribution >= 0.6 is 34.8 Å². The van der Waals surface area contributed by atoms with Crippen LogP contribution in [0.5, 0.6) is 0 Å². The number of Topliss-reactive ketones (excluding diaryl/α,β-unsaturated/α-hetero) is 1. The maximum absolute atomic E-state index is 12.3. The van der Waals surface area contributed by atoms with Crippen molar-refractivity contribution >= 4 is 58.7 Å². The van der Waals surface area contributed by atoms with Crippen molar-refractivity contribution in [2.75, 3.05) is 0 Å². The SMILES string of the molecule is C=C(c1cc(Cl)c(Cl)c(Cl)c1)C(F)(F)F.CC(=O)c1ccc2c(c1)C(C)(C)OB2O. The standard InChI is InChI=1S/C11H13BO3.C9H4Cl3F3/c1-7(13)8-4-5-10-9(6-8)11(2,3)15-12(10)14;1-4(9(13,14)15)5-2-6(10)8(12)7(11)3-5/h4-6,14H,1-3H3;2-3H,1H2. The van der Waals surface area contributed by atoms with Crippen molar-refractivity contribution in [1.29, 1.82) is 0 Å². The number of carbonyl (C=O) groups is 1. The molecule has 0 radical (unpaired) electrons. The van der Waals surface area contributed by atoms with Gasteiger partial charge >= 0.3 is 13.3 Å². The lowest BCUT2D eigenvalue weighted by molar-refractivity contribution is -0.0686. The topological polar surface area (TPSA) is 46.5 Å². The van der Waals surface area contributed by atoms with Gasteiger partial charge in [-0.2, -0.15) is 13.2 Å². The van der Waals surface area contributed by atoms with Crippen LogP contribution in [0.2, 0.25) is 15.1 Å². The van der Waals surface area contributed by atoms with E-state index in [0.717, 1.165) is 23.2 Å². The number of carbonyl (C=O) groups excluding carboxylic acids is 1. The average molecular weight is 480 g/mol. The Bertz CT molecular complexity index is 984. The normalized spacial score (nSPS) is 14.7. The van der Waals surface area contributed by atoms with E-state index in [2.05, 4.69) is 6.58 Å². The molecule has 0 aliphatic carbocycles. The quantitative estimate of drug-likeness (QED) is 0.323. The van der Waals surface area contributed by atoms with Crippen LogP contribution in [0, 0.1) is 0 Å². The Morgan fingerprint density at radius 3 is 2.10 bits per heavy atom. The summed E-state index contributed by atoms with van der Waals surface area (Å²) in [6.07, 6.45) is -4.51. The van der Waals surface area contributed by atoms with Gasteiger partial charge < -0.3 is 9.68 Å². The minimum atomic E-state index is -4.51. The monoisotopic (exact) mass is 478 g/mol. The van der Waals surface area contributed by atoms with E-state index >= 15 is 0 Å².